The highest BCUT2D eigenvalue weighted by Gasteiger charge is 2.19. The number of aromatic nitrogens is 1. The lowest BCUT2D eigenvalue weighted by Gasteiger charge is -2.31. The van der Waals surface area contributed by atoms with Crippen molar-refractivity contribution in [2.75, 3.05) is 26.2 Å². The molecule has 1 aliphatic rings. The van der Waals surface area contributed by atoms with Gasteiger partial charge in [0.15, 0.2) is 0 Å². The summed E-state index contributed by atoms with van der Waals surface area (Å²) in [5, 5.41) is 17.9. The van der Waals surface area contributed by atoms with Crippen LogP contribution in [0.25, 0.3) is 16.5 Å². The molecular weight excluding hydrogens is 484 g/mol. The van der Waals surface area contributed by atoms with E-state index in [9.17, 15) is 9.90 Å². The average Bonchev–Trinajstić information content (AvgIpc) is 3.01. The molecule has 0 radical (unpaired) electrons. The Morgan fingerprint density at radius 2 is 1.62 bits per heavy atom. The Kier molecular flexibility index (Phi) is 8.91. The zero-order valence-corrected chi connectivity index (χ0v) is 21.9. The molecule has 1 aliphatic carbocycles. The third-order valence-corrected chi connectivity index (χ3v) is 7.01. The van der Waals surface area contributed by atoms with Crippen molar-refractivity contribution < 1.29 is 9.90 Å². The fourth-order valence-electron chi connectivity index (χ4n) is 4.84. The van der Waals surface area contributed by atoms with Crippen molar-refractivity contribution in [2.45, 2.75) is 18.7 Å². The molecule has 6 heteroatoms. The van der Waals surface area contributed by atoms with Gasteiger partial charge in [-0.1, -0.05) is 91.0 Å². The predicted molar refractivity (Wildman–Crippen MR) is 157 cm³/mol. The standard InChI is InChI=1S/C33H34N4O2/c38-32(27-10-3-1-4-11-27)34-21-23-37(24-22-35-33(39)28-12-5-2-6-13-28)29-18-15-26(16-19-29)31-20-17-25-9-7-8-14-30(25)36-31/h1-18,20,29,32,34,38H,19,21-24H2,(H,35,39). The number of para-hydroxylation sites is 1. The van der Waals surface area contributed by atoms with Gasteiger partial charge >= 0.3 is 0 Å². The van der Waals surface area contributed by atoms with Gasteiger partial charge in [-0.05, 0) is 41.8 Å². The smallest absolute Gasteiger partial charge is 0.251 e. The zero-order chi connectivity index (χ0) is 26.9. The highest BCUT2D eigenvalue weighted by molar-refractivity contribution is 5.94. The first-order chi connectivity index (χ1) is 19.2. The number of carbonyl (C=O) groups excluding carboxylic acids is 1. The average molecular weight is 519 g/mol. The number of hydrogen-bond donors (Lipinski definition) is 3. The quantitative estimate of drug-likeness (QED) is 0.245. The number of aliphatic hydroxyl groups excluding tert-OH is 1. The Balaban J connectivity index is 1.22. The molecule has 3 aromatic carbocycles. The van der Waals surface area contributed by atoms with Gasteiger partial charge in [0.2, 0.25) is 0 Å². The second-order valence-electron chi connectivity index (χ2n) is 9.64. The summed E-state index contributed by atoms with van der Waals surface area (Å²) >= 11 is 0. The SMILES string of the molecule is O=C(NCCN(CCNC(O)c1ccccc1)C1C=CC(c2ccc3ccccc3n2)=CC1)c1ccccc1. The zero-order valence-electron chi connectivity index (χ0n) is 21.9. The molecule has 198 valence electrons. The summed E-state index contributed by atoms with van der Waals surface area (Å²) in [7, 11) is 0. The van der Waals surface area contributed by atoms with Crippen LogP contribution in [-0.2, 0) is 0 Å². The summed E-state index contributed by atoms with van der Waals surface area (Å²) in [4.78, 5) is 19.7. The van der Waals surface area contributed by atoms with Crippen LogP contribution in [0.4, 0.5) is 0 Å². The Morgan fingerprint density at radius 3 is 2.38 bits per heavy atom. The minimum atomic E-state index is -0.724. The lowest BCUT2D eigenvalue weighted by atomic mass is 9.98. The molecule has 1 heterocycles. The van der Waals surface area contributed by atoms with E-state index in [0.29, 0.717) is 25.2 Å². The van der Waals surface area contributed by atoms with E-state index in [2.05, 4.69) is 52.0 Å². The minimum Gasteiger partial charge on any atom is -0.374 e. The van der Waals surface area contributed by atoms with Crippen molar-refractivity contribution in [3.8, 4) is 0 Å². The van der Waals surface area contributed by atoms with Crippen LogP contribution in [0.15, 0.2) is 115 Å². The Labute approximate surface area is 229 Å². The maximum absolute atomic E-state index is 12.6. The van der Waals surface area contributed by atoms with Crippen molar-refractivity contribution in [1.29, 1.82) is 0 Å². The highest BCUT2D eigenvalue weighted by Crippen LogP contribution is 2.24. The molecule has 6 nitrogen and oxygen atoms in total. The Bertz CT molecular complexity index is 1440. The molecule has 39 heavy (non-hydrogen) atoms. The van der Waals surface area contributed by atoms with E-state index in [1.165, 1.54) is 0 Å². The van der Waals surface area contributed by atoms with Crippen molar-refractivity contribution in [2.24, 2.45) is 0 Å². The number of nitrogens with zero attached hydrogens (tertiary/aromatic N) is 2. The third kappa shape index (κ3) is 7.06. The number of benzene rings is 3. The number of fused-ring (bicyclic) bond motifs is 1. The Morgan fingerprint density at radius 1 is 0.897 bits per heavy atom. The molecule has 1 amide bonds. The van der Waals surface area contributed by atoms with Crippen molar-refractivity contribution in [3.63, 3.8) is 0 Å². The van der Waals surface area contributed by atoms with E-state index in [4.69, 9.17) is 4.98 Å². The first-order valence-corrected chi connectivity index (χ1v) is 13.5. The number of aliphatic hydroxyl groups is 1. The number of allylic oxidation sites excluding steroid dienone is 2. The Hall–Kier alpha value is -4.10. The van der Waals surface area contributed by atoms with Gasteiger partial charge in [0.05, 0.1) is 11.2 Å². The second kappa shape index (κ2) is 13.1. The summed E-state index contributed by atoms with van der Waals surface area (Å²) < 4.78 is 0. The van der Waals surface area contributed by atoms with Gasteiger partial charge in [-0.25, -0.2) is 4.98 Å². The first kappa shape index (κ1) is 26.5. The number of carbonyl (C=O) groups is 1. The molecule has 0 bridgehead atoms. The van der Waals surface area contributed by atoms with Gasteiger partial charge in [-0.15, -0.1) is 0 Å². The van der Waals surface area contributed by atoms with Crippen LogP contribution in [0.2, 0.25) is 0 Å². The van der Waals surface area contributed by atoms with E-state index in [1.807, 2.05) is 78.9 Å². The van der Waals surface area contributed by atoms with E-state index in [1.54, 1.807) is 0 Å². The maximum atomic E-state index is 12.6. The summed E-state index contributed by atoms with van der Waals surface area (Å²) in [5.41, 5.74) is 4.58. The van der Waals surface area contributed by atoms with Gasteiger partial charge in [-0.2, -0.15) is 0 Å². The molecular formula is C33H34N4O2. The van der Waals surface area contributed by atoms with Crippen LogP contribution in [0.5, 0.6) is 0 Å². The van der Waals surface area contributed by atoms with Crippen LogP contribution in [0.3, 0.4) is 0 Å². The summed E-state index contributed by atoms with van der Waals surface area (Å²) in [6.45, 7) is 2.55. The van der Waals surface area contributed by atoms with E-state index < -0.39 is 6.23 Å². The van der Waals surface area contributed by atoms with Crippen LogP contribution < -0.4 is 10.6 Å². The van der Waals surface area contributed by atoms with Crippen LogP contribution >= 0.6 is 0 Å². The summed E-state index contributed by atoms with van der Waals surface area (Å²) in [6.07, 6.45) is 6.72. The number of rotatable bonds is 11. The van der Waals surface area contributed by atoms with Crippen molar-refractivity contribution >= 4 is 22.4 Å². The van der Waals surface area contributed by atoms with E-state index >= 15 is 0 Å². The van der Waals surface area contributed by atoms with Crippen LogP contribution in [0.1, 0.15) is 34.3 Å². The molecule has 0 saturated heterocycles. The molecule has 0 spiro atoms. The summed E-state index contributed by atoms with van der Waals surface area (Å²) in [5.74, 6) is -0.0723. The van der Waals surface area contributed by atoms with E-state index in [0.717, 1.165) is 40.7 Å². The van der Waals surface area contributed by atoms with Gasteiger partial charge in [0, 0.05) is 43.2 Å². The van der Waals surface area contributed by atoms with Crippen molar-refractivity contribution in [3.05, 3.63) is 132 Å². The maximum Gasteiger partial charge on any atom is 0.251 e. The van der Waals surface area contributed by atoms with Gasteiger partial charge in [-0.3, -0.25) is 15.0 Å². The number of pyridine rings is 1. The normalized spacial score (nSPS) is 15.7. The monoisotopic (exact) mass is 518 g/mol. The molecule has 0 fully saturated rings. The first-order valence-electron chi connectivity index (χ1n) is 13.5. The van der Waals surface area contributed by atoms with Gasteiger partial charge in [0.1, 0.15) is 6.23 Å². The topological polar surface area (TPSA) is 77.5 Å². The third-order valence-electron chi connectivity index (χ3n) is 7.01. The molecule has 0 aliphatic heterocycles. The van der Waals surface area contributed by atoms with Gasteiger partial charge in [0.25, 0.3) is 5.91 Å². The summed E-state index contributed by atoms with van der Waals surface area (Å²) in [6, 6.07) is 31.4. The lowest BCUT2D eigenvalue weighted by molar-refractivity contribution is 0.0944. The van der Waals surface area contributed by atoms with E-state index in [-0.39, 0.29) is 11.9 Å². The second-order valence-corrected chi connectivity index (χ2v) is 9.64. The molecule has 5 rings (SSSR count). The van der Waals surface area contributed by atoms with Gasteiger partial charge < -0.3 is 10.4 Å². The molecule has 2 atom stereocenters. The fourth-order valence-corrected chi connectivity index (χ4v) is 4.84. The lowest BCUT2D eigenvalue weighted by Crippen LogP contribution is -2.44. The highest BCUT2D eigenvalue weighted by atomic mass is 16.3. The number of amides is 1. The molecule has 0 saturated carbocycles. The largest absolute Gasteiger partial charge is 0.374 e. The number of nitrogens with one attached hydrogen (secondary N) is 2. The molecule has 4 aromatic rings. The predicted octanol–water partition coefficient (Wildman–Crippen LogP) is 4.96. The molecule has 3 N–H and O–H groups in total. The fraction of sp³-hybridized carbons (Fsp3) is 0.212. The van der Waals surface area contributed by atoms with Crippen molar-refractivity contribution in [1.82, 2.24) is 20.5 Å². The number of hydrogen-bond acceptors (Lipinski definition) is 5. The van der Waals surface area contributed by atoms with Crippen LogP contribution in [0, 0.1) is 0 Å². The molecule has 1 aromatic heterocycles. The molecule has 2 unspecified atom stereocenters. The minimum absolute atomic E-state index is 0.0723. The van der Waals surface area contributed by atoms with Crippen LogP contribution in [-0.4, -0.2) is 53.1 Å².